The Morgan fingerprint density at radius 3 is 2.11 bits per heavy atom. The van der Waals surface area contributed by atoms with E-state index in [0.717, 1.165) is 12.1 Å². The minimum absolute atomic E-state index is 0.125. The molecule has 2 N–H and O–H groups in total. The zero-order valence-electron chi connectivity index (χ0n) is 9.22. The van der Waals surface area contributed by atoms with Crippen molar-refractivity contribution >= 4 is 5.69 Å². The normalized spacial score (nSPS) is 12.3. The van der Waals surface area contributed by atoms with Gasteiger partial charge in [-0.15, -0.1) is 0 Å². The second-order valence-electron chi connectivity index (χ2n) is 3.43. The van der Waals surface area contributed by atoms with Crippen LogP contribution in [-0.2, 0) is 0 Å². The maximum absolute atomic E-state index is 12.6. The van der Waals surface area contributed by atoms with Gasteiger partial charge in [0, 0.05) is 23.9 Å². The summed E-state index contributed by atoms with van der Waals surface area (Å²) in [7, 11) is 1.29. The largest absolute Gasteiger partial charge is 0.497 e. The molecule has 0 fully saturated rings. The Bertz CT molecular complexity index is 419. The summed E-state index contributed by atoms with van der Waals surface area (Å²) in [4.78, 5) is 0. The van der Waals surface area contributed by atoms with Crippen LogP contribution >= 0.6 is 0 Å². The van der Waals surface area contributed by atoms with Crippen LogP contribution in [0.5, 0.6) is 11.5 Å². The first-order chi connectivity index (χ1) is 8.15. The monoisotopic (exact) mass is 271 g/mol. The molecule has 102 valence electrons. The average molecular weight is 271 g/mol. The fourth-order valence-corrected chi connectivity index (χ4v) is 1.05. The van der Waals surface area contributed by atoms with Gasteiger partial charge in [0.25, 0.3) is 0 Å². The summed E-state index contributed by atoms with van der Waals surface area (Å²) in [5.41, 5.74) is 5.52. The van der Waals surface area contributed by atoms with Crippen LogP contribution in [0.25, 0.3) is 0 Å². The number of hydrogen-bond donors (Lipinski definition) is 1. The lowest BCUT2D eigenvalue weighted by Gasteiger charge is -2.20. The van der Waals surface area contributed by atoms with E-state index >= 15 is 0 Å². The van der Waals surface area contributed by atoms with Gasteiger partial charge in [-0.25, -0.2) is 0 Å². The number of nitrogen functional groups attached to an aromatic ring is 1. The van der Waals surface area contributed by atoms with E-state index in [1.165, 1.54) is 13.2 Å². The Balaban J connectivity index is 2.78. The summed E-state index contributed by atoms with van der Waals surface area (Å²) in [6.07, 6.45) is -5.66. The molecule has 0 radical (unpaired) electrons. The van der Waals surface area contributed by atoms with Crippen molar-refractivity contribution in [2.75, 3.05) is 19.5 Å². The molecular formula is C10H10F5NO2. The van der Waals surface area contributed by atoms with Gasteiger partial charge in [0.05, 0.1) is 7.11 Å². The molecule has 8 heteroatoms. The van der Waals surface area contributed by atoms with Crippen LogP contribution < -0.4 is 15.2 Å². The highest BCUT2D eigenvalue weighted by molar-refractivity contribution is 5.50. The lowest BCUT2D eigenvalue weighted by atomic mass is 10.3. The van der Waals surface area contributed by atoms with Crippen LogP contribution in [0.4, 0.5) is 27.6 Å². The Labute approximate surface area is 99.3 Å². The summed E-state index contributed by atoms with van der Waals surface area (Å²) in [6, 6.07) is 3.65. The summed E-state index contributed by atoms with van der Waals surface area (Å²) in [5.74, 6) is -4.96. The Kier molecular flexibility index (Phi) is 3.88. The van der Waals surface area contributed by atoms with E-state index in [0.29, 0.717) is 0 Å². The third-order valence-corrected chi connectivity index (χ3v) is 1.97. The highest BCUT2D eigenvalue weighted by atomic mass is 19.4. The van der Waals surface area contributed by atoms with Crippen molar-refractivity contribution in [2.24, 2.45) is 0 Å². The maximum Gasteiger partial charge on any atom is 0.456 e. The molecule has 0 bridgehead atoms. The van der Waals surface area contributed by atoms with Gasteiger partial charge in [0.2, 0.25) is 0 Å². The van der Waals surface area contributed by atoms with E-state index in [1.54, 1.807) is 0 Å². The molecule has 0 aliphatic rings. The standard InChI is InChI=1S/C10H10F5NO2/c1-17-7-2-6(16)3-8(4-7)18-5-9(11,12)10(13,14)15/h2-4H,5,16H2,1H3. The molecule has 0 heterocycles. The molecule has 1 aromatic carbocycles. The molecule has 0 amide bonds. The second-order valence-corrected chi connectivity index (χ2v) is 3.43. The van der Waals surface area contributed by atoms with Gasteiger partial charge in [-0.2, -0.15) is 22.0 Å². The Hall–Kier alpha value is -1.73. The quantitative estimate of drug-likeness (QED) is 0.676. The molecule has 0 aliphatic heterocycles. The van der Waals surface area contributed by atoms with Gasteiger partial charge in [-0.3, -0.25) is 0 Å². The zero-order valence-corrected chi connectivity index (χ0v) is 9.22. The van der Waals surface area contributed by atoms with Gasteiger partial charge < -0.3 is 15.2 Å². The van der Waals surface area contributed by atoms with E-state index in [1.807, 2.05) is 0 Å². The number of hydrogen-bond acceptors (Lipinski definition) is 3. The number of benzene rings is 1. The van der Waals surface area contributed by atoms with Crippen molar-refractivity contribution in [3.63, 3.8) is 0 Å². The molecule has 18 heavy (non-hydrogen) atoms. The fourth-order valence-electron chi connectivity index (χ4n) is 1.05. The second kappa shape index (κ2) is 4.87. The van der Waals surface area contributed by atoms with Crippen LogP contribution in [0.3, 0.4) is 0 Å². The first-order valence-corrected chi connectivity index (χ1v) is 4.67. The van der Waals surface area contributed by atoms with Crippen molar-refractivity contribution in [3.8, 4) is 11.5 Å². The minimum Gasteiger partial charge on any atom is -0.497 e. The van der Waals surface area contributed by atoms with Crippen molar-refractivity contribution in [1.29, 1.82) is 0 Å². The highest BCUT2D eigenvalue weighted by Gasteiger charge is 2.58. The molecule has 0 aromatic heterocycles. The first-order valence-electron chi connectivity index (χ1n) is 4.67. The van der Waals surface area contributed by atoms with Crippen LogP contribution in [0.2, 0.25) is 0 Å². The van der Waals surface area contributed by atoms with Crippen LogP contribution in [0, 0.1) is 0 Å². The smallest absolute Gasteiger partial charge is 0.456 e. The molecule has 1 rings (SSSR count). The van der Waals surface area contributed by atoms with Crippen molar-refractivity contribution in [1.82, 2.24) is 0 Å². The van der Waals surface area contributed by atoms with Gasteiger partial charge >= 0.3 is 12.1 Å². The number of halogens is 5. The highest BCUT2D eigenvalue weighted by Crippen LogP contribution is 2.36. The molecule has 1 aromatic rings. The predicted molar refractivity (Wildman–Crippen MR) is 53.9 cm³/mol. The number of anilines is 1. The fraction of sp³-hybridized carbons (Fsp3) is 0.400. The third kappa shape index (κ3) is 3.38. The maximum atomic E-state index is 12.6. The minimum atomic E-state index is -5.66. The zero-order chi connectivity index (χ0) is 14.0. The summed E-state index contributed by atoms with van der Waals surface area (Å²) in [6.45, 7) is -1.82. The van der Waals surface area contributed by atoms with E-state index < -0.39 is 18.7 Å². The molecule has 0 saturated heterocycles. The van der Waals surface area contributed by atoms with Crippen molar-refractivity contribution in [3.05, 3.63) is 18.2 Å². The lowest BCUT2D eigenvalue weighted by Crippen LogP contribution is -2.41. The molecule has 0 spiro atoms. The van der Waals surface area contributed by atoms with Gasteiger partial charge in [-0.05, 0) is 0 Å². The van der Waals surface area contributed by atoms with Gasteiger partial charge in [0.15, 0.2) is 6.61 Å². The van der Waals surface area contributed by atoms with E-state index in [-0.39, 0.29) is 17.2 Å². The third-order valence-electron chi connectivity index (χ3n) is 1.97. The van der Waals surface area contributed by atoms with Crippen LogP contribution in [-0.4, -0.2) is 25.8 Å². The summed E-state index contributed by atoms with van der Waals surface area (Å²) < 4.78 is 70.0. The van der Waals surface area contributed by atoms with Crippen LogP contribution in [0.1, 0.15) is 0 Å². The summed E-state index contributed by atoms with van der Waals surface area (Å²) >= 11 is 0. The van der Waals surface area contributed by atoms with Crippen molar-refractivity contribution in [2.45, 2.75) is 12.1 Å². The number of alkyl halides is 5. The molecular weight excluding hydrogens is 261 g/mol. The topological polar surface area (TPSA) is 44.5 Å². The SMILES string of the molecule is COc1cc(N)cc(OCC(F)(F)C(F)(F)F)c1. The Morgan fingerprint density at radius 2 is 1.61 bits per heavy atom. The molecule has 0 aliphatic carbocycles. The number of ether oxygens (including phenoxy) is 2. The molecule has 0 saturated carbocycles. The van der Waals surface area contributed by atoms with E-state index in [9.17, 15) is 22.0 Å². The van der Waals surface area contributed by atoms with Crippen LogP contribution in [0.15, 0.2) is 18.2 Å². The average Bonchev–Trinajstić information content (AvgIpc) is 2.24. The predicted octanol–water partition coefficient (Wildman–Crippen LogP) is 2.85. The number of rotatable bonds is 4. The molecule has 0 atom stereocenters. The van der Waals surface area contributed by atoms with Gasteiger partial charge in [-0.1, -0.05) is 0 Å². The van der Waals surface area contributed by atoms with Crippen molar-refractivity contribution < 1.29 is 31.4 Å². The van der Waals surface area contributed by atoms with E-state index in [4.69, 9.17) is 10.5 Å². The lowest BCUT2D eigenvalue weighted by molar-refractivity contribution is -0.290. The number of nitrogens with two attached hydrogens (primary N) is 1. The van der Waals surface area contributed by atoms with E-state index in [2.05, 4.69) is 4.74 Å². The molecule has 0 unspecified atom stereocenters. The molecule has 3 nitrogen and oxygen atoms in total. The van der Waals surface area contributed by atoms with Gasteiger partial charge in [0.1, 0.15) is 11.5 Å². The Morgan fingerprint density at radius 1 is 1.06 bits per heavy atom. The first kappa shape index (κ1) is 14.3. The summed E-state index contributed by atoms with van der Waals surface area (Å²) in [5, 5.41) is 0. The number of methoxy groups -OCH3 is 1.